The Hall–Kier alpha value is -3.58. The number of fused-ring (bicyclic) bond motifs is 2. The molecule has 0 radical (unpaired) electrons. The summed E-state index contributed by atoms with van der Waals surface area (Å²) in [6, 6.07) is 15.5. The number of benzene rings is 1. The summed E-state index contributed by atoms with van der Waals surface area (Å²) in [6.07, 6.45) is 5.67. The number of aryl methyl sites for hydroxylation is 1. The first-order valence-corrected chi connectivity index (χ1v) is 10.1. The number of aliphatic hydroxyl groups excluding tert-OH is 1. The molecule has 0 bridgehead atoms. The Morgan fingerprint density at radius 1 is 0.967 bits per heavy atom. The monoisotopic (exact) mass is 398 g/mol. The van der Waals surface area contributed by atoms with Gasteiger partial charge in [0.15, 0.2) is 5.82 Å². The molecule has 0 aliphatic heterocycles. The molecule has 5 rings (SSSR count). The van der Waals surface area contributed by atoms with Crippen molar-refractivity contribution in [1.29, 1.82) is 0 Å². The highest BCUT2D eigenvalue weighted by Crippen LogP contribution is 2.28. The van der Waals surface area contributed by atoms with Crippen molar-refractivity contribution in [3.8, 4) is 11.5 Å². The van der Waals surface area contributed by atoms with E-state index in [1.54, 1.807) is 12.4 Å². The van der Waals surface area contributed by atoms with Crippen LogP contribution in [0.1, 0.15) is 17.7 Å². The van der Waals surface area contributed by atoms with Gasteiger partial charge in [-0.3, -0.25) is 9.97 Å². The molecule has 0 saturated heterocycles. The Morgan fingerprint density at radius 2 is 1.90 bits per heavy atom. The van der Waals surface area contributed by atoms with Gasteiger partial charge in [0.25, 0.3) is 0 Å². The van der Waals surface area contributed by atoms with Crippen LogP contribution in [0.2, 0.25) is 0 Å². The fraction of sp³-hybridized carbons (Fsp3) is 0.217. The van der Waals surface area contributed by atoms with E-state index in [1.165, 1.54) is 0 Å². The van der Waals surface area contributed by atoms with Gasteiger partial charge >= 0.3 is 0 Å². The lowest BCUT2D eigenvalue weighted by Gasteiger charge is -2.17. The third-order valence-corrected chi connectivity index (χ3v) is 5.23. The van der Waals surface area contributed by atoms with Crippen LogP contribution in [0.25, 0.3) is 22.4 Å². The third-order valence-electron chi connectivity index (χ3n) is 5.23. The molecule has 3 heterocycles. The molecule has 150 valence electrons. The summed E-state index contributed by atoms with van der Waals surface area (Å²) < 4.78 is 0. The minimum Gasteiger partial charge on any atom is -0.372 e. The molecule has 30 heavy (non-hydrogen) atoms. The molecule has 1 aliphatic rings. The summed E-state index contributed by atoms with van der Waals surface area (Å²) in [7, 11) is 0. The summed E-state index contributed by atoms with van der Waals surface area (Å²) in [5.74, 6) is 1.39. The first-order valence-electron chi connectivity index (χ1n) is 10.1. The molecule has 1 atom stereocenters. The molecule has 0 saturated carbocycles. The first-order chi connectivity index (χ1) is 14.8. The molecule has 7 nitrogen and oxygen atoms in total. The van der Waals surface area contributed by atoms with E-state index >= 15 is 0 Å². The van der Waals surface area contributed by atoms with Gasteiger partial charge in [-0.05, 0) is 49.6 Å². The lowest BCUT2D eigenvalue weighted by Crippen LogP contribution is -2.28. The molecule has 0 spiro atoms. The fourth-order valence-corrected chi connectivity index (χ4v) is 3.78. The van der Waals surface area contributed by atoms with Crippen molar-refractivity contribution in [2.45, 2.75) is 25.5 Å². The second-order valence-corrected chi connectivity index (χ2v) is 7.34. The predicted octanol–water partition coefficient (Wildman–Crippen LogP) is 3.42. The highest BCUT2D eigenvalue weighted by Gasteiger charge is 2.20. The number of hydrogen-bond donors (Lipinski definition) is 3. The highest BCUT2D eigenvalue weighted by atomic mass is 16.3. The Labute approximate surface area is 174 Å². The topological polar surface area (TPSA) is 95.9 Å². The largest absolute Gasteiger partial charge is 0.372 e. The van der Waals surface area contributed by atoms with Crippen LogP contribution in [0, 0.1) is 0 Å². The lowest BCUT2D eigenvalue weighted by molar-refractivity contribution is 0.216. The number of anilines is 2. The van der Waals surface area contributed by atoms with E-state index in [9.17, 15) is 5.11 Å². The Kier molecular flexibility index (Phi) is 4.94. The molecule has 0 fully saturated rings. The first kappa shape index (κ1) is 18.4. The van der Waals surface area contributed by atoms with E-state index in [2.05, 4.69) is 20.6 Å². The maximum Gasteiger partial charge on any atom is 0.180 e. The molecular weight excluding hydrogens is 376 g/mol. The third kappa shape index (κ3) is 3.79. The zero-order valence-corrected chi connectivity index (χ0v) is 16.4. The fourth-order valence-electron chi connectivity index (χ4n) is 3.78. The smallest absolute Gasteiger partial charge is 0.180 e. The highest BCUT2D eigenvalue weighted by molar-refractivity contribution is 5.81. The Balaban J connectivity index is 1.32. The maximum absolute atomic E-state index is 10.5. The van der Waals surface area contributed by atoms with Gasteiger partial charge in [0.1, 0.15) is 17.7 Å². The second kappa shape index (κ2) is 8.04. The maximum atomic E-state index is 10.5. The number of aromatic nitrogens is 4. The molecule has 1 unspecified atom stereocenters. The molecule has 1 aliphatic carbocycles. The van der Waals surface area contributed by atoms with E-state index in [1.807, 2.05) is 48.5 Å². The molecule has 4 aromatic rings. The summed E-state index contributed by atoms with van der Waals surface area (Å²) in [5, 5.41) is 18.0. The zero-order valence-electron chi connectivity index (χ0n) is 16.4. The molecule has 7 heteroatoms. The molecule has 3 aromatic heterocycles. The van der Waals surface area contributed by atoms with E-state index in [4.69, 9.17) is 9.97 Å². The lowest BCUT2D eigenvalue weighted by atomic mass is 10.2. The van der Waals surface area contributed by atoms with Gasteiger partial charge in [-0.15, -0.1) is 0 Å². The van der Waals surface area contributed by atoms with Crippen LogP contribution in [-0.2, 0) is 12.8 Å². The van der Waals surface area contributed by atoms with Crippen LogP contribution in [0.4, 0.5) is 11.5 Å². The van der Waals surface area contributed by atoms with E-state index in [-0.39, 0.29) is 0 Å². The van der Waals surface area contributed by atoms with Crippen LogP contribution in [-0.4, -0.2) is 37.8 Å². The van der Waals surface area contributed by atoms with Gasteiger partial charge in [0, 0.05) is 34.7 Å². The van der Waals surface area contributed by atoms with Gasteiger partial charge in [0.2, 0.25) is 0 Å². The molecule has 1 aromatic carbocycles. The SMILES string of the molecule is OC(CNc1nc(-c2ccccn2)nc2c1CCC2)Nc1ccc2cccnc2c1. The van der Waals surface area contributed by atoms with Gasteiger partial charge < -0.3 is 15.7 Å². The van der Waals surface area contributed by atoms with Gasteiger partial charge in [-0.25, -0.2) is 9.97 Å². The van der Waals surface area contributed by atoms with Crippen LogP contribution in [0.5, 0.6) is 0 Å². The summed E-state index contributed by atoms with van der Waals surface area (Å²) in [6.45, 7) is 0.311. The number of aliphatic hydroxyl groups is 1. The summed E-state index contributed by atoms with van der Waals surface area (Å²) in [5.41, 5.74) is 4.65. The van der Waals surface area contributed by atoms with Crippen LogP contribution in [0.3, 0.4) is 0 Å². The minimum atomic E-state index is -0.781. The molecular formula is C23H22N6O. The van der Waals surface area contributed by atoms with Crippen molar-refractivity contribution < 1.29 is 5.11 Å². The molecule has 0 amide bonds. The normalized spacial score (nSPS) is 13.8. The van der Waals surface area contributed by atoms with Crippen LogP contribution >= 0.6 is 0 Å². The van der Waals surface area contributed by atoms with Gasteiger partial charge in [-0.2, -0.15) is 0 Å². The zero-order chi connectivity index (χ0) is 20.3. The number of hydrogen-bond acceptors (Lipinski definition) is 7. The van der Waals surface area contributed by atoms with Crippen molar-refractivity contribution in [3.05, 3.63) is 72.2 Å². The van der Waals surface area contributed by atoms with Crippen molar-refractivity contribution in [2.75, 3.05) is 17.2 Å². The summed E-state index contributed by atoms with van der Waals surface area (Å²) in [4.78, 5) is 18.1. The summed E-state index contributed by atoms with van der Waals surface area (Å²) >= 11 is 0. The average molecular weight is 398 g/mol. The van der Waals surface area contributed by atoms with Crippen molar-refractivity contribution in [2.24, 2.45) is 0 Å². The average Bonchev–Trinajstić information content (AvgIpc) is 3.27. The number of nitrogens with zero attached hydrogens (tertiary/aromatic N) is 4. The van der Waals surface area contributed by atoms with Crippen LogP contribution in [0.15, 0.2) is 60.9 Å². The predicted molar refractivity (Wildman–Crippen MR) is 117 cm³/mol. The van der Waals surface area contributed by atoms with E-state index in [0.717, 1.165) is 58.6 Å². The van der Waals surface area contributed by atoms with Crippen molar-refractivity contribution >= 4 is 22.4 Å². The standard InChI is InChI=1S/C23H22N6O/c30-21(27-16-10-9-15-5-4-12-25-20(15)13-16)14-26-22-17-6-3-8-18(17)28-23(29-22)19-7-1-2-11-24-19/h1-2,4-5,7,9-13,21,27,30H,3,6,8,14H2,(H,26,28,29). The number of pyridine rings is 2. The van der Waals surface area contributed by atoms with Crippen LogP contribution < -0.4 is 10.6 Å². The van der Waals surface area contributed by atoms with E-state index < -0.39 is 6.23 Å². The number of rotatable bonds is 6. The van der Waals surface area contributed by atoms with Gasteiger partial charge in [-0.1, -0.05) is 18.2 Å². The second-order valence-electron chi connectivity index (χ2n) is 7.34. The number of nitrogens with one attached hydrogen (secondary N) is 2. The quantitative estimate of drug-likeness (QED) is 0.428. The minimum absolute atomic E-state index is 0.311. The molecule has 3 N–H and O–H groups in total. The van der Waals surface area contributed by atoms with Crippen molar-refractivity contribution in [1.82, 2.24) is 19.9 Å². The van der Waals surface area contributed by atoms with Gasteiger partial charge in [0.05, 0.1) is 12.1 Å². The Bertz CT molecular complexity index is 1180. The Morgan fingerprint density at radius 3 is 2.80 bits per heavy atom. The van der Waals surface area contributed by atoms with E-state index in [0.29, 0.717) is 12.4 Å². The van der Waals surface area contributed by atoms with Crippen molar-refractivity contribution in [3.63, 3.8) is 0 Å².